The molecule has 1 atom stereocenters. The molecule has 2 aromatic carbocycles. The molecule has 1 aliphatic heterocycles. The summed E-state index contributed by atoms with van der Waals surface area (Å²) >= 11 is 0. The molecule has 2 aromatic rings. The number of rotatable bonds is 4. The molecule has 27 heavy (non-hydrogen) atoms. The van der Waals surface area contributed by atoms with Crippen molar-refractivity contribution in [3.8, 4) is 11.5 Å². The first-order chi connectivity index (χ1) is 12.9. The highest BCUT2D eigenvalue weighted by molar-refractivity contribution is 6.06. The fraction of sp³-hybridized carbons (Fsp3) is 0.222. The van der Waals surface area contributed by atoms with Crippen molar-refractivity contribution < 1.29 is 32.6 Å². The fourth-order valence-electron chi connectivity index (χ4n) is 2.82. The van der Waals surface area contributed by atoms with Gasteiger partial charge in [0.15, 0.2) is 11.6 Å². The monoisotopic (exact) mass is 378 g/mol. The van der Waals surface area contributed by atoms with Crippen molar-refractivity contribution in [1.82, 2.24) is 0 Å². The Morgan fingerprint density at radius 2 is 1.96 bits per heavy atom. The first-order valence-corrected chi connectivity index (χ1v) is 7.97. The van der Waals surface area contributed by atoms with E-state index in [1.165, 1.54) is 25.3 Å². The molecule has 1 unspecified atom stereocenters. The highest BCUT2D eigenvalue weighted by atomic mass is 19.1. The second-order valence-corrected chi connectivity index (χ2v) is 5.70. The van der Waals surface area contributed by atoms with E-state index in [9.17, 15) is 18.4 Å². The smallest absolute Gasteiger partial charge is 0.405 e. The molecular weight excluding hydrogens is 362 g/mol. The van der Waals surface area contributed by atoms with Crippen molar-refractivity contribution in [3.63, 3.8) is 0 Å². The van der Waals surface area contributed by atoms with Crippen molar-refractivity contribution in [1.29, 1.82) is 0 Å². The summed E-state index contributed by atoms with van der Waals surface area (Å²) in [6, 6.07) is 6.12. The number of hydrogen-bond acceptors (Lipinski definition) is 5. The molecule has 3 N–H and O–H groups in total. The van der Waals surface area contributed by atoms with Gasteiger partial charge in [0.05, 0.1) is 24.8 Å². The third kappa shape index (κ3) is 3.76. The number of carbonyl (C=O) groups is 2. The maximum absolute atomic E-state index is 14.3. The normalized spacial score (nSPS) is 15.3. The molecule has 2 amide bonds. The number of carbonyl (C=O) groups excluding carboxylic acids is 2. The largest absolute Gasteiger partial charge is 0.494 e. The molecule has 1 aliphatic rings. The van der Waals surface area contributed by atoms with E-state index in [1.807, 2.05) is 0 Å². The molecule has 0 fully saturated rings. The standard InChI is InChI=1S/C18H16F2N2O5/c1-25-14-8-9(2-4-11(14)19)22-17(23)10-3-5-12(20)15-13(27-18(21)24)6-7-26-16(10)15/h2-5,8,13H,6-7H2,1H3,(H2,21,24)(H,22,23). The van der Waals surface area contributed by atoms with Crippen molar-refractivity contribution in [2.75, 3.05) is 19.0 Å². The minimum atomic E-state index is -1.06. The summed E-state index contributed by atoms with van der Waals surface area (Å²) in [7, 11) is 1.30. The molecule has 0 saturated heterocycles. The number of anilines is 1. The number of nitrogens with two attached hydrogens (primary N) is 1. The van der Waals surface area contributed by atoms with Gasteiger partial charge < -0.3 is 25.3 Å². The average molecular weight is 378 g/mol. The van der Waals surface area contributed by atoms with Crippen LogP contribution in [0.1, 0.15) is 28.4 Å². The van der Waals surface area contributed by atoms with Crippen LogP contribution in [0.15, 0.2) is 30.3 Å². The van der Waals surface area contributed by atoms with Crippen LogP contribution in [0.25, 0.3) is 0 Å². The van der Waals surface area contributed by atoms with Crippen LogP contribution in [0.4, 0.5) is 19.3 Å². The number of hydrogen-bond donors (Lipinski definition) is 2. The van der Waals surface area contributed by atoms with Crippen LogP contribution in [-0.2, 0) is 4.74 Å². The molecule has 9 heteroatoms. The Labute approximate surface area is 153 Å². The number of nitrogens with one attached hydrogen (secondary N) is 1. The van der Waals surface area contributed by atoms with Crippen LogP contribution in [0.2, 0.25) is 0 Å². The maximum Gasteiger partial charge on any atom is 0.405 e. The van der Waals surface area contributed by atoms with Gasteiger partial charge in [0.25, 0.3) is 5.91 Å². The number of amides is 2. The van der Waals surface area contributed by atoms with Gasteiger partial charge in [-0.1, -0.05) is 0 Å². The highest BCUT2D eigenvalue weighted by Crippen LogP contribution is 2.39. The zero-order chi connectivity index (χ0) is 19.6. The molecule has 7 nitrogen and oxygen atoms in total. The third-order valence-corrected chi connectivity index (χ3v) is 4.00. The van der Waals surface area contributed by atoms with Crippen LogP contribution >= 0.6 is 0 Å². The van der Waals surface area contributed by atoms with Crippen LogP contribution in [-0.4, -0.2) is 25.7 Å². The Balaban J connectivity index is 1.93. The topological polar surface area (TPSA) is 99.9 Å². The molecule has 0 radical (unpaired) electrons. The van der Waals surface area contributed by atoms with Gasteiger partial charge in [-0.25, -0.2) is 13.6 Å². The van der Waals surface area contributed by atoms with E-state index in [-0.39, 0.29) is 41.3 Å². The summed E-state index contributed by atoms with van der Waals surface area (Å²) < 4.78 is 43.0. The number of methoxy groups -OCH3 is 1. The minimum absolute atomic E-state index is 0.0286. The average Bonchev–Trinajstić information content (AvgIpc) is 2.63. The predicted octanol–water partition coefficient (Wildman–Crippen LogP) is 3.14. The van der Waals surface area contributed by atoms with Crippen molar-refractivity contribution in [2.45, 2.75) is 12.5 Å². The lowest BCUT2D eigenvalue weighted by atomic mass is 9.98. The lowest BCUT2D eigenvalue weighted by Crippen LogP contribution is -2.25. The molecule has 0 saturated carbocycles. The lowest BCUT2D eigenvalue weighted by Gasteiger charge is -2.27. The molecule has 0 aliphatic carbocycles. The molecule has 3 rings (SSSR count). The molecule has 0 bridgehead atoms. The van der Waals surface area contributed by atoms with Crippen LogP contribution < -0.4 is 20.5 Å². The van der Waals surface area contributed by atoms with Gasteiger partial charge in [0.2, 0.25) is 0 Å². The highest BCUT2D eigenvalue weighted by Gasteiger charge is 2.31. The molecular formula is C18H16F2N2O5. The Morgan fingerprint density at radius 1 is 1.22 bits per heavy atom. The van der Waals surface area contributed by atoms with Gasteiger partial charge in [-0.2, -0.15) is 0 Å². The summed E-state index contributed by atoms with van der Waals surface area (Å²) in [5.41, 5.74) is 5.28. The van der Waals surface area contributed by atoms with Gasteiger partial charge >= 0.3 is 6.09 Å². The Hall–Kier alpha value is -3.36. The summed E-state index contributed by atoms with van der Waals surface area (Å²) in [5, 5.41) is 2.56. The van der Waals surface area contributed by atoms with Crippen molar-refractivity contribution in [2.24, 2.45) is 5.73 Å². The molecule has 142 valence electrons. The van der Waals surface area contributed by atoms with Gasteiger partial charge in [-0.15, -0.1) is 0 Å². The predicted molar refractivity (Wildman–Crippen MR) is 90.8 cm³/mol. The summed E-state index contributed by atoms with van der Waals surface area (Å²) in [6.07, 6.45) is -1.81. The van der Waals surface area contributed by atoms with E-state index in [1.54, 1.807) is 0 Å². The number of halogens is 2. The van der Waals surface area contributed by atoms with E-state index in [0.717, 1.165) is 12.1 Å². The summed E-state index contributed by atoms with van der Waals surface area (Å²) in [6.45, 7) is 0.110. The molecule has 1 heterocycles. The Kier molecular flexibility index (Phi) is 5.11. The van der Waals surface area contributed by atoms with E-state index >= 15 is 0 Å². The van der Waals surface area contributed by atoms with E-state index in [2.05, 4.69) is 5.32 Å². The third-order valence-electron chi connectivity index (χ3n) is 4.00. The van der Waals surface area contributed by atoms with Gasteiger partial charge in [0, 0.05) is 18.2 Å². The van der Waals surface area contributed by atoms with Gasteiger partial charge in [-0.05, 0) is 24.3 Å². The van der Waals surface area contributed by atoms with Crippen LogP contribution in [0.5, 0.6) is 11.5 Å². The maximum atomic E-state index is 14.3. The summed E-state index contributed by atoms with van der Waals surface area (Å²) in [4.78, 5) is 23.7. The van der Waals surface area contributed by atoms with Gasteiger partial charge in [0.1, 0.15) is 17.7 Å². The number of ether oxygens (including phenoxy) is 3. The van der Waals surface area contributed by atoms with Crippen LogP contribution in [0.3, 0.4) is 0 Å². The molecule has 0 spiro atoms. The number of primary amides is 1. The SMILES string of the molecule is COc1cc(NC(=O)c2ccc(F)c3c2OCCC3OC(N)=O)ccc1F. The zero-order valence-electron chi connectivity index (χ0n) is 14.3. The fourth-order valence-corrected chi connectivity index (χ4v) is 2.82. The number of benzene rings is 2. The second kappa shape index (κ2) is 7.48. The minimum Gasteiger partial charge on any atom is -0.494 e. The lowest BCUT2D eigenvalue weighted by molar-refractivity contribution is 0.0731. The quantitative estimate of drug-likeness (QED) is 0.851. The second-order valence-electron chi connectivity index (χ2n) is 5.70. The first-order valence-electron chi connectivity index (χ1n) is 7.97. The van der Waals surface area contributed by atoms with Gasteiger partial charge in [-0.3, -0.25) is 4.79 Å². The number of fused-ring (bicyclic) bond motifs is 1. The van der Waals surface area contributed by atoms with E-state index in [0.29, 0.717) is 0 Å². The zero-order valence-corrected chi connectivity index (χ0v) is 14.3. The van der Waals surface area contributed by atoms with E-state index < -0.39 is 29.7 Å². The van der Waals surface area contributed by atoms with Crippen LogP contribution in [0, 0.1) is 11.6 Å². The Morgan fingerprint density at radius 3 is 2.67 bits per heavy atom. The van der Waals surface area contributed by atoms with E-state index in [4.69, 9.17) is 19.9 Å². The summed E-state index contributed by atoms with van der Waals surface area (Å²) in [5.74, 6) is -1.95. The van der Waals surface area contributed by atoms with Crippen molar-refractivity contribution in [3.05, 3.63) is 53.1 Å². The first kappa shape index (κ1) is 18.4. The molecule has 0 aromatic heterocycles. The van der Waals surface area contributed by atoms with Crippen molar-refractivity contribution >= 4 is 17.7 Å². The Bertz CT molecular complexity index is 904.